The van der Waals surface area contributed by atoms with Gasteiger partial charge in [0.25, 0.3) is 0 Å². The van der Waals surface area contributed by atoms with E-state index in [9.17, 15) is 4.79 Å². The topological polar surface area (TPSA) is 77.9 Å². The summed E-state index contributed by atoms with van der Waals surface area (Å²) < 4.78 is 4.55. The lowest BCUT2D eigenvalue weighted by atomic mass is 10.4. The van der Waals surface area contributed by atoms with Crippen molar-refractivity contribution in [2.75, 3.05) is 7.11 Å². The molecule has 0 aromatic carbocycles. The van der Waals surface area contributed by atoms with E-state index in [1.165, 1.54) is 31.3 Å². The summed E-state index contributed by atoms with van der Waals surface area (Å²) in [6.07, 6.45) is 2.87. The monoisotopic (exact) mass is 276 g/mol. The molecule has 0 fully saturated rings. The van der Waals surface area contributed by atoms with Crippen LogP contribution in [0.25, 0.3) is 0 Å². The molecule has 2 aromatic heterocycles. The van der Waals surface area contributed by atoms with E-state index in [0.29, 0.717) is 10.2 Å². The number of aromatic nitrogens is 4. The maximum absolute atomic E-state index is 11.2. The van der Waals surface area contributed by atoms with Gasteiger partial charge in [-0.2, -0.15) is 0 Å². The van der Waals surface area contributed by atoms with Gasteiger partial charge in [-0.3, -0.25) is 0 Å². The second kappa shape index (κ2) is 5.75. The molecule has 0 radical (unpaired) electrons. The Hall–Kier alpha value is -2.02. The van der Waals surface area contributed by atoms with Crippen molar-refractivity contribution in [2.45, 2.75) is 24.0 Å². The van der Waals surface area contributed by atoms with Crippen molar-refractivity contribution < 1.29 is 9.53 Å². The normalized spacial score (nSPS) is 10.3. The maximum Gasteiger partial charge on any atom is 0.358 e. The van der Waals surface area contributed by atoms with Crippen LogP contribution < -0.4 is 0 Å². The Balaban J connectivity index is 2.17. The van der Waals surface area contributed by atoms with E-state index in [2.05, 4.69) is 24.7 Å². The summed E-state index contributed by atoms with van der Waals surface area (Å²) in [7, 11) is 1.30. The second-order valence-electron chi connectivity index (χ2n) is 3.77. The molecule has 0 amide bonds. The van der Waals surface area contributed by atoms with Crippen molar-refractivity contribution in [3.63, 3.8) is 0 Å². The number of esters is 1. The number of hydrogen-bond acceptors (Lipinski definition) is 7. The van der Waals surface area contributed by atoms with Crippen LogP contribution in [0.4, 0.5) is 0 Å². The number of nitrogens with zero attached hydrogens (tertiary/aromatic N) is 4. The Morgan fingerprint density at radius 1 is 1.16 bits per heavy atom. The van der Waals surface area contributed by atoms with Crippen molar-refractivity contribution in [3.05, 3.63) is 35.5 Å². The summed E-state index contributed by atoms with van der Waals surface area (Å²) >= 11 is 1.30. The lowest BCUT2D eigenvalue weighted by molar-refractivity contribution is 0.0593. The molecule has 0 atom stereocenters. The third-order valence-corrected chi connectivity index (χ3v) is 2.97. The molecule has 2 rings (SSSR count). The highest BCUT2D eigenvalue weighted by atomic mass is 32.2. The van der Waals surface area contributed by atoms with Gasteiger partial charge in [-0.05, 0) is 31.7 Å². The van der Waals surface area contributed by atoms with Crippen molar-refractivity contribution >= 4 is 17.7 Å². The van der Waals surface area contributed by atoms with E-state index in [1.54, 1.807) is 0 Å². The molecule has 0 aliphatic heterocycles. The lowest BCUT2D eigenvalue weighted by Gasteiger charge is -2.02. The zero-order valence-electron chi connectivity index (χ0n) is 10.7. The van der Waals surface area contributed by atoms with E-state index in [1.807, 2.05) is 19.9 Å². The molecule has 2 aromatic rings. The van der Waals surface area contributed by atoms with Crippen molar-refractivity contribution in [1.29, 1.82) is 0 Å². The minimum atomic E-state index is -0.508. The molecule has 0 N–H and O–H groups in total. The summed E-state index contributed by atoms with van der Waals surface area (Å²) in [6.45, 7) is 3.82. The molecular formula is C12H12N4O2S. The highest BCUT2D eigenvalue weighted by molar-refractivity contribution is 7.99. The van der Waals surface area contributed by atoms with Gasteiger partial charge in [-0.1, -0.05) is 0 Å². The molecular weight excluding hydrogens is 264 g/mol. The molecule has 0 saturated heterocycles. The first kappa shape index (κ1) is 13.4. The fraction of sp³-hybridized carbons (Fsp3) is 0.250. The van der Waals surface area contributed by atoms with Crippen LogP contribution in [-0.2, 0) is 4.74 Å². The molecule has 0 unspecified atom stereocenters. The Kier molecular flexibility index (Phi) is 4.06. The van der Waals surface area contributed by atoms with Crippen LogP contribution in [0.15, 0.2) is 28.6 Å². The standard InChI is InChI=1S/C12H12N4O2S/c1-7-4-8(2)16-12(15-7)19-10-6-13-9(5-14-10)11(17)18-3/h4-6H,1-3H3. The average Bonchev–Trinajstić information content (AvgIpc) is 2.37. The molecule has 19 heavy (non-hydrogen) atoms. The highest BCUT2D eigenvalue weighted by Gasteiger charge is 2.09. The first-order chi connectivity index (χ1) is 9.08. The van der Waals surface area contributed by atoms with E-state index >= 15 is 0 Å². The van der Waals surface area contributed by atoms with Crippen LogP contribution in [0.1, 0.15) is 21.9 Å². The predicted octanol–water partition coefficient (Wildman–Crippen LogP) is 1.82. The van der Waals surface area contributed by atoms with Crippen LogP contribution in [0, 0.1) is 13.8 Å². The van der Waals surface area contributed by atoms with Gasteiger partial charge < -0.3 is 4.74 Å². The number of carbonyl (C=O) groups is 1. The van der Waals surface area contributed by atoms with Gasteiger partial charge in [0.2, 0.25) is 0 Å². The van der Waals surface area contributed by atoms with Gasteiger partial charge in [0.15, 0.2) is 10.9 Å². The SMILES string of the molecule is COC(=O)c1cnc(Sc2nc(C)cc(C)n2)cn1. The Bertz CT molecular complexity index is 581. The van der Waals surface area contributed by atoms with Crippen LogP contribution in [-0.4, -0.2) is 33.0 Å². The van der Waals surface area contributed by atoms with E-state index in [-0.39, 0.29) is 5.69 Å². The summed E-state index contributed by atoms with van der Waals surface area (Å²) in [5.41, 5.74) is 1.97. The smallest absolute Gasteiger partial charge is 0.358 e. The predicted molar refractivity (Wildman–Crippen MR) is 69.0 cm³/mol. The average molecular weight is 276 g/mol. The van der Waals surface area contributed by atoms with Gasteiger partial charge in [-0.25, -0.2) is 24.7 Å². The minimum Gasteiger partial charge on any atom is -0.464 e. The Morgan fingerprint density at radius 3 is 2.37 bits per heavy atom. The largest absolute Gasteiger partial charge is 0.464 e. The van der Waals surface area contributed by atoms with E-state index in [0.717, 1.165) is 11.4 Å². The van der Waals surface area contributed by atoms with Gasteiger partial charge in [0.1, 0.15) is 5.03 Å². The fourth-order valence-electron chi connectivity index (χ4n) is 1.41. The van der Waals surface area contributed by atoms with Crippen LogP contribution >= 0.6 is 11.8 Å². The Morgan fingerprint density at radius 2 is 1.84 bits per heavy atom. The molecule has 98 valence electrons. The van der Waals surface area contributed by atoms with E-state index in [4.69, 9.17) is 0 Å². The van der Waals surface area contributed by atoms with E-state index < -0.39 is 5.97 Å². The summed E-state index contributed by atoms with van der Waals surface area (Å²) in [6, 6.07) is 1.90. The number of methoxy groups -OCH3 is 1. The third-order valence-electron chi connectivity index (χ3n) is 2.18. The van der Waals surface area contributed by atoms with Gasteiger partial charge in [-0.15, -0.1) is 0 Å². The molecule has 0 aliphatic rings. The minimum absolute atomic E-state index is 0.174. The first-order valence-corrected chi connectivity index (χ1v) is 6.30. The molecule has 0 spiro atoms. The first-order valence-electron chi connectivity index (χ1n) is 5.49. The Labute approximate surface area is 114 Å². The van der Waals surface area contributed by atoms with Crippen molar-refractivity contribution in [1.82, 2.24) is 19.9 Å². The molecule has 0 bridgehead atoms. The lowest BCUT2D eigenvalue weighted by Crippen LogP contribution is -2.04. The van der Waals surface area contributed by atoms with Crippen molar-refractivity contribution in [3.8, 4) is 0 Å². The van der Waals surface area contributed by atoms with Gasteiger partial charge >= 0.3 is 5.97 Å². The van der Waals surface area contributed by atoms with Gasteiger partial charge in [0.05, 0.1) is 19.5 Å². The quantitative estimate of drug-likeness (QED) is 0.625. The number of carbonyl (C=O) groups excluding carboxylic acids is 1. The zero-order valence-corrected chi connectivity index (χ0v) is 11.6. The molecule has 0 saturated carbocycles. The molecule has 7 heteroatoms. The number of rotatable bonds is 3. The fourth-order valence-corrected chi connectivity index (χ4v) is 2.19. The van der Waals surface area contributed by atoms with Crippen LogP contribution in [0.3, 0.4) is 0 Å². The maximum atomic E-state index is 11.2. The van der Waals surface area contributed by atoms with Crippen LogP contribution in [0.5, 0.6) is 0 Å². The molecule has 0 aliphatic carbocycles. The number of hydrogen-bond donors (Lipinski definition) is 0. The molecule has 2 heterocycles. The second-order valence-corrected chi connectivity index (χ2v) is 4.75. The summed E-state index contributed by atoms with van der Waals surface area (Å²) in [5, 5.41) is 1.23. The van der Waals surface area contributed by atoms with Crippen molar-refractivity contribution in [2.24, 2.45) is 0 Å². The van der Waals surface area contributed by atoms with Gasteiger partial charge in [0, 0.05) is 11.4 Å². The molecule has 6 nitrogen and oxygen atoms in total. The number of ether oxygens (including phenoxy) is 1. The summed E-state index contributed by atoms with van der Waals surface area (Å²) in [5.74, 6) is -0.508. The third kappa shape index (κ3) is 3.47. The summed E-state index contributed by atoms with van der Waals surface area (Å²) in [4.78, 5) is 27.9. The number of aryl methyl sites for hydroxylation is 2. The highest BCUT2D eigenvalue weighted by Crippen LogP contribution is 2.22. The van der Waals surface area contributed by atoms with Crippen LogP contribution in [0.2, 0.25) is 0 Å². The zero-order chi connectivity index (χ0) is 13.8.